The van der Waals surface area contributed by atoms with Gasteiger partial charge in [0.05, 0.1) is 22.0 Å². The van der Waals surface area contributed by atoms with Crippen molar-refractivity contribution >= 4 is 28.6 Å². The summed E-state index contributed by atoms with van der Waals surface area (Å²) in [6.07, 6.45) is 0.107. The zero-order valence-corrected chi connectivity index (χ0v) is 14.1. The minimum absolute atomic E-state index is 0.107. The van der Waals surface area contributed by atoms with Crippen LogP contribution >= 0.6 is 0 Å². The molecule has 24 heavy (non-hydrogen) atoms. The highest BCUT2D eigenvalue weighted by Gasteiger charge is 2.68. The van der Waals surface area contributed by atoms with Crippen molar-refractivity contribution in [2.75, 3.05) is 0 Å². The first-order valence-electron chi connectivity index (χ1n) is 7.54. The molecule has 0 aliphatic carbocycles. The van der Waals surface area contributed by atoms with Crippen LogP contribution in [0.2, 0.25) is 0 Å². The van der Waals surface area contributed by atoms with Crippen LogP contribution < -0.4 is 5.32 Å². The highest BCUT2D eigenvalue weighted by atomic mass is 32.2. The van der Waals surface area contributed by atoms with E-state index >= 15 is 0 Å². The Balaban J connectivity index is 1.74. The van der Waals surface area contributed by atoms with E-state index in [0.29, 0.717) is 0 Å². The number of rotatable bonds is 4. The number of β-lactam (4-membered cyclic amide) rings is 1. The maximum Gasteiger partial charge on any atom is 0.328 e. The van der Waals surface area contributed by atoms with Gasteiger partial charge in [-0.25, -0.2) is 4.79 Å². The van der Waals surface area contributed by atoms with Crippen molar-refractivity contribution in [3.63, 3.8) is 0 Å². The van der Waals surface area contributed by atoms with Gasteiger partial charge >= 0.3 is 5.97 Å². The quantitative estimate of drug-likeness (QED) is 0.737. The molecule has 1 aromatic carbocycles. The lowest BCUT2D eigenvalue weighted by Gasteiger charge is -2.43. The van der Waals surface area contributed by atoms with E-state index in [0.717, 1.165) is 10.5 Å². The number of aliphatic carboxylic acids is 1. The molecule has 1 aromatic rings. The number of nitrogens with zero attached hydrogens (tertiary/aromatic N) is 1. The molecule has 4 atom stereocenters. The molecule has 2 fully saturated rings. The van der Waals surface area contributed by atoms with Gasteiger partial charge in [0.2, 0.25) is 11.8 Å². The van der Waals surface area contributed by atoms with Crippen molar-refractivity contribution in [2.24, 2.45) is 0 Å². The molecule has 2 saturated heterocycles. The van der Waals surface area contributed by atoms with Crippen LogP contribution in [-0.2, 0) is 31.6 Å². The Hall–Kier alpha value is -2.22. The number of carbonyl (C=O) groups excluding carboxylic acids is 2. The molecule has 0 radical (unpaired) electrons. The van der Waals surface area contributed by atoms with Crippen molar-refractivity contribution in [1.82, 2.24) is 10.2 Å². The zero-order chi connectivity index (χ0) is 17.6. The number of hydrogen-bond donors (Lipinski definition) is 2. The van der Waals surface area contributed by atoms with Crippen LogP contribution in [0, 0.1) is 0 Å². The van der Waals surface area contributed by atoms with Gasteiger partial charge in [-0.15, -0.1) is 0 Å². The first-order chi connectivity index (χ1) is 11.2. The molecule has 0 bridgehead atoms. The van der Waals surface area contributed by atoms with Gasteiger partial charge in [-0.2, -0.15) is 0 Å². The third-order valence-electron chi connectivity index (χ3n) is 4.51. The molecule has 2 N–H and O–H groups in total. The average Bonchev–Trinajstić information content (AvgIpc) is 2.71. The number of fused-ring (bicyclic) bond motifs is 1. The van der Waals surface area contributed by atoms with Crippen LogP contribution in [0.15, 0.2) is 30.3 Å². The van der Waals surface area contributed by atoms with E-state index < -0.39 is 44.9 Å². The molecule has 7 nitrogen and oxygen atoms in total. The van der Waals surface area contributed by atoms with E-state index in [4.69, 9.17) is 0 Å². The summed E-state index contributed by atoms with van der Waals surface area (Å²) in [5.74, 6) is -2.03. The summed E-state index contributed by atoms with van der Waals surface area (Å²) >= 11 is 0. The van der Waals surface area contributed by atoms with Crippen LogP contribution in [0.3, 0.4) is 0 Å². The monoisotopic (exact) mass is 350 g/mol. The predicted octanol–water partition coefficient (Wildman–Crippen LogP) is -0.124. The Morgan fingerprint density at radius 3 is 2.50 bits per heavy atom. The Morgan fingerprint density at radius 2 is 1.92 bits per heavy atom. The minimum Gasteiger partial charge on any atom is -0.480 e. The summed E-state index contributed by atoms with van der Waals surface area (Å²) in [5, 5.41) is 11.2. The van der Waals surface area contributed by atoms with Crippen LogP contribution in [0.5, 0.6) is 0 Å². The third-order valence-corrected chi connectivity index (χ3v) is 6.71. The maximum atomic E-state index is 12.6. The summed E-state index contributed by atoms with van der Waals surface area (Å²) in [6, 6.07) is 6.99. The second-order valence-corrected chi connectivity index (χ2v) is 8.62. The minimum atomic E-state index is -1.58. The molecule has 0 aromatic heterocycles. The first kappa shape index (κ1) is 16.6. The lowest BCUT2D eigenvalue weighted by Crippen LogP contribution is -2.71. The summed E-state index contributed by atoms with van der Waals surface area (Å²) in [6.45, 7) is 3.13. The van der Waals surface area contributed by atoms with E-state index in [-0.39, 0.29) is 12.3 Å². The molecule has 0 unspecified atom stereocenters. The molecule has 8 heteroatoms. The van der Waals surface area contributed by atoms with Crippen LogP contribution in [0.4, 0.5) is 0 Å². The molecule has 128 valence electrons. The molecule has 2 amide bonds. The predicted molar refractivity (Wildman–Crippen MR) is 86.4 cm³/mol. The molecular formula is C16H18N2O5S. The van der Waals surface area contributed by atoms with Gasteiger partial charge in [-0.05, 0) is 19.4 Å². The van der Waals surface area contributed by atoms with Gasteiger partial charge in [0.25, 0.3) is 0 Å². The van der Waals surface area contributed by atoms with E-state index in [9.17, 15) is 23.7 Å². The normalized spacial score (nSPS) is 30.4. The largest absolute Gasteiger partial charge is 0.480 e. The molecular weight excluding hydrogens is 332 g/mol. The number of carbonyl (C=O) groups is 3. The van der Waals surface area contributed by atoms with Crippen molar-refractivity contribution in [2.45, 2.75) is 42.5 Å². The Kier molecular flexibility index (Phi) is 3.95. The first-order valence-corrected chi connectivity index (χ1v) is 8.75. The SMILES string of the molecule is CC1(C)[C@H](C(=O)O)N2C(=O)[C@H](NC(=O)Cc3ccccc3)[C@@H]2[S@@]1=O. The van der Waals surface area contributed by atoms with Gasteiger partial charge in [-0.1, -0.05) is 30.3 Å². The van der Waals surface area contributed by atoms with E-state index in [2.05, 4.69) is 5.32 Å². The van der Waals surface area contributed by atoms with Gasteiger partial charge in [0.1, 0.15) is 17.5 Å². The second kappa shape index (κ2) is 5.70. The summed E-state index contributed by atoms with van der Waals surface area (Å²) in [4.78, 5) is 37.0. The number of carboxylic acid groups (broad SMARTS) is 1. The molecule has 3 rings (SSSR count). The lowest BCUT2D eigenvalue weighted by atomic mass is 9.96. The van der Waals surface area contributed by atoms with Crippen LogP contribution in [0.25, 0.3) is 0 Å². The zero-order valence-electron chi connectivity index (χ0n) is 13.3. The number of amides is 2. The fourth-order valence-corrected chi connectivity index (χ4v) is 5.22. The number of hydrogen-bond acceptors (Lipinski definition) is 4. The lowest BCUT2D eigenvalue weighted by molar-refractivity contribution is -0.161. The fraction of sp³-hybridized carbons (Fsp3) is 0.438. The molecule has 0 saturated carbocycles. The van der Waals surface area contributed by atoms with E-state index in [1.54, 1.807) is 26.0 Å². The number of nitrogens with one attached hydrogen (secondary N) is 1. The highest BCUT2D eigenvalue weighted by molar-refractivity contribution is 7.87. The van der Waals surface area contributed by atoms with Gasteiger partial charge in [0.15, 0.2) is 0 Å². The second-order valence-electron chi connectivity index (χ2n) is 6.49. The fourth-order valence-electron chi connectivity index (χ4n) is 3.30. The molecule has 2 aliphatic heterocycles. The van der Waals surface area contributed by atoms with Crippen LogP contribution in [0.1, 0.15) is 19.4 Å². The average molecular weight is 350 g/mol. The van der Waals surface area contributed by atoms with Crippen LogP contribution in [-0.4, -0.2) is 54.2 Å². The topological polar surface area (TPSA) is 104 Å². The Bertz CT molecular complexity index is 733. The van der Waals surface area contributed by atoms with Crippen molar-refractivity contribution in [3.05, 3.63) is 35.9 Å². The van der Waals surface area contributed by atoms with Crippen molar-refractivity contribution in [3.8, 4) is 0 Å². The maximum absolute atomic E-state index is 12.6. The summed E-state index contributed by atoms with van der Waals surface area (Å²) < 4.78 is 11.5. The number of benzene rings is 1. The number of carboxylic acids is 1. The summed E-state index contributed by atoms with van der Waals surface area (Å²) in [5.41, 5.74) is 0.801. The highest BCUT2D eigenvalue weighted by Crippen LogP contribution is 2.43. The Labute approximate surface area is 141 Å². The summed E-state index contributed by atoms with van der Waals surface area (Å²) in [7, 11) is -1.58. The smallest absolute Gasteiger partial charge is 0.328 e. The van der Waals surface area contributed by atoms with Crippen molar-refractivity contribution in [1.29, 1.82) is 0 Å². The molecule has 2 heterocycles. The molecule has 2 aliphatic rings. The van der Waals surface area contributed by atoms with Crippen molar-refractivity contribution < 1.29 is 23.7 Å². The standard InChI is InChI=1S/C16H18N2O5S/c1-16(2)12(15(21)22)18-13(20)11(14(18)24(16)23)17-10(19)8-9-6-4-3-5-7-9/h3-7,11-12,14H,8H2,1-2H3,(H,17,19)(H,21,22)/t11-,12-,14-,24-/m0/s1. The van der Waals surface area contributed by atoms with Gasteiger partial charge in [-0.3, -0.25) is 13.8 Å². The van der Waals surface area contributed by atoms with Gasteiger partial charge in [0, 0.05) is 0 Å². The van der Waals surface area contributed by atoms with E-state index in [1.807, 2.05) is 18.2 Å². The van der Waals surface area contributed by atoms with Gasteiger partial charge < -0.3 is 15.3 Å². The molecule has 0 spiro atoms. The Morgan fingerprint density at radius 1 is 1.29 bits per heavy atom. The van der Waals surface area contributed by atoms with E-state index in [1.165, 1.54) is 0 Å². The third kappa shape index (κ3) is 2.41.